The first kappa shape index (κ1) is 8.69. The first-order chi connectivity index (χ1) is 5.36. The zero-order chi connectivity index (χ0) is 9.52. The van der Waals surface area contributed by atoms with Crippen molar-refractivity contribution >= 4 is 0 Å². The summed E-state index contributed by atoms with van der Waals surface area (Å²) in [7, 11) is 0. The van der Waals surface area contributed by atoms with Gasteiger partial charge >= 0.3 is 11.9 Å². The Kier molecular flexibility index (Phi) is 1.66. The molecule has 0 aromatic carbocycles. The molecule has 1 aliphatic heterocycles. The molecular weight excluding hydrogens is 168 g/mol. The molecule has 6 nitrogen and oxygen atoms in total. The highest BCUT2D eigenvalue weighted by Crippen LogP contribution is 2.29. The monoisotopic (exact) mass is 176 g/mol. The predicted octanol–water partition coefficient (Wildman–Crippen LogP) is -0.228. The average Bonchev–Trinajstić information content (AvgIpc) is 1.97. The Morgan fingerprint density at radius 3 is 2.17 bits per heavy atom. The van der Waals surface area contributed by atoms with Crippen molar-refractivity contribution in [3.63, 3.8) is 0 Å². The Labute approximate surface area is 67.3 Å². The normalized spacial score (nSPS) is 22.6. The second-order valence-corrected chi connectivity index (χ2v) is 2.34. The van der Waals surface area contributed by atoms with Crippen LogP contribution in [0.2, 0.25) is 0 Å². The molecular formula is C6H8O6. The van der Waals surface area contributed by atoms with Crippen LogP contribution in [0.15, 0.2) is 23.0 Å². The SMILES string of the molecule is CC1=C(O)C(O)(O)OC(O)=C1O. The summed E-state index contributed by atoms with van der Waals surface area (Å²) in [4.78, 5) is 0. The minimum absolute atomic E-state index is 0.260. The minimum Gasteiger partial charge on any atom is -0.504 e. The first-order valence-corrected chi connectivity index (χ1v) is 3.03. The summed E-state index contributed by atoms with van der Waals surface area (Å²) < 4.78 is 3.96. The van der Waals surface area contributed by atoms with Crippen molar-refractivity contribution in [3.8, 4) is 0 Å². The summed E-state index contributed by atoms with van der Waals surface area (Å²) in [6.45, 7) is 1.19. The molecule has 0 radical (unpaired) electrons. The third kappa shape index (κ3) is 1.06. The third-order valence-corrected chi connectivity index (χ3v) is 1.46. The van der Waals surface area contributed by atoms with E-state index in [0.29, 0.717) is 0 Å². The van der Waals surface area contributed by atoms with Crippen molar-refractivity contribution in [3.05, 3.63) is 23.0 Å². The zero-order valence-corrected chi connectivity index (χ0v) is 6.14. The third-order valence-electron chi connectivity index (χ3n) is 1.46. The van der Waals surface area contributed by atoms with Crippen molar-refractivity contribution < 1.29 is 30.3 Å². The molecule has 0 fully saturated rings. The standard InChI is InChI=1S/C6H8O6/c1-2-3(7)5(9)12-6(10,11)4(2)8/h7-11H,1H3. The van der Waals surface area contributed by atoms with E-state index in [2.05, 4.69) is 4.74 Å². The maximum absolute atomic E-state index is 8.94. The van der Waals surface area contributed by atoms with Crippen LogP contribution in [0.4, 0.5) is 0 Å². The van der Waals surface area contributed by atoms with Gasteiger partial charge in [0.05, 0.1) is 0 Å². The number of hydrogen-bond donors (Lipinski definition) is 5. The maximum Gasteiger partial charge on any atom is 0.387 e. The van der Waals surface area contributed by atoms with E-state index >= 15 is 0 Å². The second-order valence-electron chi connectivity index (χ2n) is 2.34. The van der Waals surface area contributed by atoms with Gasteiger partial charge in [-0.05, 0) is 6.92 Å². The molecule has 0 aromatic rings. The quantitative estimate of drug-likeness (QED) is 0.326. The molecule has 0 saturated carbocycles. The van der Waals surface area contributed by atoms with Crippen molar-refractivity contribution in [2.24, 2.45) is 0 Å². The van der Waals surface area contributed by atoms with Crippen LogP contribution in [0.25, 0.3) is 0 Å². The van der Waals surface area contributed by atoms with Gasteiger partial charge in [-0.3, -0.25) is 0 Å². The van der Waals surface area contributed by atoms with E-state index in [-0.39, 0.29) is 5.57 Å². The molecule has 0 bridgehead atoms. The molecule has 1 rings (SSSR count). The van der Waals surface area contributed by atoms with E-state index in [0.717, 1.165) is 0 Å². The Morgan fingerprint density at radius 1 is 1.17 bits per heavy atom. The smallest absolute Gasteiger partial charge is 0.387 e. The highest BCUT2D eigenvalue weighted by atomic mass is 16.8. The lowest BCUT2D eigenvalue weighted by atomic mass is 10.1. The number of hydrogen-bond acceptors (Lipinski definition) is 6. The number of aliphatic hydroxyl groups is 5. The van der Waals surface area contributed by atoms with Gasteiger partial charge in [0, 0.05) is 5.57 Å². The van der Waals surface area contributed by atoms with Crippen LogP contribution in [-0.2, 0) is 4.74 Å². The van der Waals surface area contributed by atoms with Gasteiger partial charge in [0.15, 0.2) is 0 Å². The van der Waals surface area contributed by atoms with Crippen molar-refractivity contribution in [2.45, 2.75) is 12.9 Å². The Hall–Kier alpha value is -1.40. The lowest BCUT2D eigenvalue weighted by Crippen LogP contribution is -2.37. The number of aliphatic hydroxyl groups excluding tert-OH is 3. The summed E-state index contributed by atoms with van der Waals surface area (Å²) in [6.07, 6.45) is 0. The molecule has 0 unspecified atom stereocenters. The molecule has 0 aromatic heterocycles. The van der Waals surface area contributed by atoms with Gasteiger partial charge in [-0.15, -0.1) is 0 Å². The van der Waals surface area contributed by atoms with E-state index in [4.69, 9.17) is 25.5 Å². The van der Waals surface area contributed by atoms with Gasteiger partial charge in [-0.1, -0.05) is 0 Å². The minimum atomic E-state index is -2.97. The Bertz CT molecular complexity index is 274. The maximum atomic E-state index is 8.94. The van der Waals surface area contributed by atoms with Crippen molar-refractivity contribution in [2.75, 3.05) is 0 Å². The van der Waals surface area contributed by atoms with Gasteiger partial charge in [0.1, 0.15) is 0 Å². The number of ether oxygens (including phenoxy) is 1. The first-order valence-electron chi connectivity index (χ1n) is 3.03. The molecule has 12 heavy (non-hydrogen) atoms. The fourth-order valence-electron chi connectivity index (χ4n) is 0.748. The van der Waals surface area contributed by atoms with Gasteiger partial charge in [0.25, 0.3) is 0 Å². The fourth-order valence-corrected chi connectivity index (χ4v) is 0.748. The van der Waals surface area contributed by atoms with Gasteiger partial charge in [0.2, 0.25) is 11.5 Å². The lowest BCUT2D eigenvalue weighted by molar-refractivity contribution is -0.325. The molecule has 1 heterocycles. The van der Waals surface area contributed by atoms with Gasteiger partial charge in [-0.25, -0.2) is 0 Å². The van der Waals surface area contributed by atoms with Gasteiger partial charge in [-0.2, -0.15) is 0 Å². The van der Waals surface area contributed by atoms with Crippen LogP contribution < -0.4 is 0 Å². The average molecular weight is 176 g/mol. The van der Waals surface area contributed by atoms with Crippen LogP contribution in [0, 0.1) is 0 Å². The molecule has 0 amide bonds. The molecule has 6 heteroatoms. The van der Waals surface area contributed by atoms with Crippen LogP contribution >= 0.6 is 0 Å². The second kappa shape index (κ2) is 2.29. The van der Waals surface area contributed by atoms with Gasteiger partial charge < -0.3 is 30.3 Å². The molecule has 0 spiro atoms. The summed E-state index contributed by atoms with van der Waals surface area (Å²) in [5, 5.41) is 44.2. The highest BCUT2D eigenvalue weighted by molar-refractivity contribution is 5.30. The fraction of sp³-hybridized carbons (Fsp3) is 0.333. The highest BCUT2D eigenvalue weighted by Gasteiger charge is 2.40. The zero-order valence-electron chi connectivity index (χ0n) is 6.14. The van der Waals surface area contributed by atoms with Crippen LogP contribution in [0.3, 0.4) is 0 Å². The van der Waals surface area contributed by atoms with E-state index in [1.807, 2.05) is 0 Å². The lowest BCUT2D eigenvalue weighted by Gasteiger charge is -2.26. The van der Waals surface area contributed by atoms with E-state index in [1.165, 1.54) is 6.92 Å². The Balaban J connectivity index is 3.20. The molecule has 0 atom stereocenters. The van der Waals surface area contributed by atoms with Crippen molar-refractivity contribution in [1.82, 2.24) is 0 Å². The van der Waals surface area contributed by atoms with Crippen LogP contribution in [0.1, 0.15) is 6.92 Å². The van der Waals surface area contributed by atoms with Crippen LogP contribution in [-0.4, -0.2) is 31.5 Å². The van der Waals surface area contributed by atoms with E-state index in [9.17, 15) is 0 Å². The van der Waals surface area contributed by atoms with E-state index < -0.39 is 23.4 Å². The largest absolute Gasteiger partial charge is 0.504 e. The van der Waals surface area contributed by atoms with Crippen molar-refractivity contribution in [1.29, 1.82) is 0 Å². The molecule has 1 aliphatic rings. The topological polar surface area (TPSA) is 110 Å². The summed E-state index contributed by atoms with van der Waals surface area (Å²) >= 11 is 0. The van der Waals surface area contributed by atoms with E-state index in [1.54, 1.807) is 0 Å². The van der Waals surface area contributed by atoms with Crippen LogP contribution in [0.5, 0.6) is 0 Å². The predicted molar refractivity (Wildman–Crippen MR) is 35.9 cm³/mol. The molecule has 68 valence electrons. The number of rotatable bonds is 0. The number of allylic oxidation sites excluding steroid dienone is 1. The molecule has 0 saturated heterocycles. The molecule has 5 N–H and O–H groups in total. The Morgan fingerprint density at radius 2 is 1.67 bits per heavy atom. The molecule has 0 aliphatic carbocycles. The summed E-state index contributed by atoms with van der Waals surface area (Å²) in [5.74, 6) is -5.71. The summed E-state index contributed by atoms with van der Waals surface area (Å²) in [5.41, 5.74) is -0.260. The summed E-state index contributed by atoms with van der Waals surface area (Å²) in [6, 6.07) is 0.